The average Bonchev–Trinajstić information content (AvgIpc) is 3.14. The molecule has 310 valence electrons. The second kappa shape index (κ2) is 32.4. The number of hydrogen-bond donors (Lipinski definition) is 8. The molecule has 0 aromatic rings. The van der Waals surface area contributed by atoms with E-state index in [9.17, 15) is 40.5 Å². The second-order valence-corrected chi connectivity index (χ2v) is 15.4. The highest BCUT2D eigenvalue weighted by atomic mass is 16.7. The highest BCUT2D eigenvalue weighted by molar-refractivity contribution is 5.80. The second-order valence-electron chi connectivity index (χ2n) is 15.4. The van der Waals surface area contributed by atoms with Gasteiger partial charge in [0.2, 0.25) is 5.91 Å². The third kappa shape index (κ3) is 22.5. The van der Waals surface area contributed by atoms with Gasteiger partial charge >= 0.3 is 0 Å². The van der Waals surface area contributed by atoms with Crippen molar-refractivity contribution < 1.29 is 50.0 Å². The van der Waals surface area contributed by atoms with Crippen LogP contribution in [-0.4, -0.2) is 110 Å². The van der Waals surface area contributed by atoms with Crippen LogP contribution < -0.4 is 5.32 Å². The van der Waals surface area contributed by atoms with Crippen molar-refractivity contribution in [2.24, 2.45) is 0 Å². The summed E-state index contributed by atoms with van der Waals surface area (Å²) in [5.74, 6) is -0.697. The van der Waals surface area contributed by atoms with Gasteiger partial charge in [0.25, 0.3) is 0 Å². The van der Waals surface area contributed by atoms with Crippen LogP contribution in [0.2, 0.25) is 0 Å². The third-order valence-electron chi connectivity index (χ3n) is 10.7. The lowest BCUT2D eigenvalue weighted by Crippen LogP contribution is -2.60. The summed E-state index contributed by atoms with van der Waals surface area (Å²) in [4.78, 5) is 13.0. The smallest absolute Gasteiger partial charge is 0.249 e. The first-order valence-corrected chi connectivity index (χ1v) is 21.4. The highest BCUT2D eigenvalue weighted by Gasteiger charge is 2.44. The van der Waals surface area contributed by atoms with Crippen LogP contribution in [0.1, 0.15) is 187 Å². The largest absolute Gasteiger partial charge is 0.394 e. The fourth-order valence-electron chi connectivity index (χ4n) is 7.03. The molecule has 0 aromatic carbocycles. The number of carbonyl (C=O) groups excluding carboxylic acids is 1. The summed E-state index contributed by atoms with van der Waals surface area (Å²) >= 11 is 0. The number of nitrogens with one attached hydrogen (secondary N) is 1. The Hall–Kier alpha value is -0.890. The lowest BCUT2D eigenvalue weighted by Gasteiger charge is -2.40. The van der Waals surface area contributed by atoms with E-state index in [2.05, 4.69) is 19.2 Å². The van der Waals surface area contributed by atoms with Crippen molar-refractivity contribution in [2.45, 2.75) is 242 Å². The first-order chi connectivity index (χ1) is 25.2. The van der Waals surface area contributed by atoms with Gasteiger partial charge in [0.15, 0.2) is 6.29 Å². The SMILES string of the molecule is CCCCCCCCCCCCCCCC(O)C(O)C(COC1OC(CO)C(O)C(O)C1O)NC(=O)C(O)CCCCCCCCCCCCCC. The maximum Gasteiger partial charge on any atom is 0.249 e. The van der Waals surface area contributed by atoms with E-state index in [0.717, 1.165) is 38.5 Å². The van der Waals surface area contributed by atoms with E-state index in [1.807, 2.05) is 0 Å². The summed E-state index contributed by atoms with van der Waals surface area (Å²) in [5, 5.41) is 75.4. The maximum absolute atomic E-state index is 13.0. The molecule has 1 rings (SSSR count). The molecule has 1 fully saturated rings. The van der Waals surface area contributed by atoms with Crippen molar-refractivity contribution in [3.63, 3.8) is 0 Å². The van der Waals surface area contributed by atoms with Gasteiger partial charge in [0, 0.05) is 0 Å². The predicted octanol–water partition coefficient (Wildman–Crippen LogP) is 5.94. The summed E-state index contributed by atoms with van der Waals surface area (Å²) in [6.07, 6.45) is 18.7. The molecule has 11 nitrogen and oxygen atoms in total. The zero-order valence-corrected chi connectivity index (χ0v) is 33.1. The standard InChI is InChI=1S/C41H81NO10/c1-3-5-7-9-11-13-15-17-19-20-22-24-26-28-33(44)36(46)32(31-51-41-39(49)38(48)37(47)35(30-43)52-41)42-40(50)34(45)29-27-25-23-21-18-16-14-12-10-8-6-4-2/h32-39,41,43-49H,3-31H2,1-2H3,(H,42,50). The highest BCUT2D eigenvalue weighted by Crippen LogP contribution is 2.23. The van der Waals surface area contributed by atoms with Gasteiger partial charge in [-0.3, -0.25) is 4.79 Å². The third-order valence-corrected chi connectivity index (χ3v) is 10.7. The molecular formula is C41H81NO10. The van der Waals surface area contributed by atoms with E-state index in [1.54, 1.807) is 0 Å². The molecule has 52 heavy (non-hydrogen) atoms. The molecule has 8 N–H and O–H groups in total. The molecule has 9 unspecified atom stereocenters. The van der Waals surface area contributed by atoms with E-state index in [0.29, 0.717) is 19.3 Å². The van der Waals surface area contributed by atoms with Gasteiger partial charge in [-0.25, -0.2) is 0 Å². The van der Waals surface area contributed by atoms with Crippen LogP contribution in [-0.2, 0) is 14.3 Å². The molecule has 0 saturated carbocycles. The minimum Gasteiger partial charge on any atom is -0.394 e. The van der Waals surface area contributed by atoms with Gasteiger partial charge in [0.1, 0.15) is 36.6 Å². The van der Waals surface area contributed by atoms with Crippen molar-refractivity contribution in [3.8, 4) is 0 Å². The Morgan fingerprint density at radius 2 is 1.00 bits per heavy atom. The number of hydrogen-bond acceptors (Lipinski definition) is 10. The molecule has 11 heteroatoms. The number of amides is 1. The number of aliphatic hydroxyl groups is 7. The summed E-state index contributed by atoms with van der Waals surface area (Å²) < 4.78 is 11.1. The molecule has 1 saturated heterocycles. The quantitative estimate of drug-likeness (QED) is 0.0360. The van der Waals surface area contributed by atoms with E-state index in [1.165, 1.54) is 109 Å². The summed E-state index contributed by atoms with van der Waals surface area (Å²) in [5.41, 5.74) is 0. The van der Waals surface area contributed by atoms with Crippen LogP contribution in [0.25, 0.3) is 0 Å². The lowest BCUT2D eigenvalue weighted by molar-refractivity contribution is -0.303. The normalized spacial score (nSPS) is 23.0. The Morgan fingerprint density at radius 3 is 1.42 bits per heavy atom. The first kappa shape index (κ1) is 49.1. The molecule has 0 spiro atoms. The predicted molar refractivity (Wildman–Crippen MR) is 206 cm³/mol. The Labute approximate surface area is 316 Å². The molecule has 9 atom stereocenters. The number of rotatable bonds is 35. The molecular weight excluding hydrogens is 666 g/mol. The van der Waals surface area contributed by atoms with Crippen molar-refractivity contribution in [2.75, 3.05) is 13.2 Å². The Balaban J connectivity index is 2.51. The van der Waals surface area contributed by atoms with E-state index < -0.39 is 74.2 Å². The average molecular weight is 748 g/mol. The van der Waals surface area contributed by atoms with Gasteiger partial charge in [-0.2, -0.15) is 0 Å². The molecule has 0 aromatic heterocycles. The van der Waals surface area contributed by atoms with Crippen molar-refractivity contribution in [1.29, 1.82) is 0 Å². The minimum atomic E-state index is -1.65. The zero-order chi connectivity index (χ0) is 38.4. The molecule has 1 heterocycles. The van der Waals surface area contributed by atoms with Gasteiger partial charge in [-0.1, -0.05) is 174 Å². The van der Waals surface area contributed by atoms with Gasteiger partial charge < -0.3 is 50.5 Å². The van der Waals surface area contributed by atoms with Crippen molar-refractivity contribution in [3.05, 3.63) is 0 Å². The van der Waals surface area contributed by atoms with Crippen LogP contribution in [0.15, 0.2) is 0 Å². The lowest BCUT2D eigenvalue weighted by atomic mass is 9.98. The number of unbranched alkanes of at least 4 members (excludes halogenated alkanes) is 23. The zero-order valence-electron chi connectivity index (χ0n) is 33.1. The van der Waals surface area contributed by atoms with Crippen LogP contribution in [0, 0.1) is 0 Å². The molecule has 1 aliphatic rings. The molecule has 1 aliphatic heterocycles. The Morgan fingerprint density at radius 1 is 0.596 bits per heavy atom. The minimum absolute atomic E-state index is 0.265. The van der Waals surface area contributed by atoms with Crippen molar-refractivity contribution in [1.82, 2.24) is 5.32 Å². The summed E-state index contributed by atoms with van der Waals surface area (Å²) in [6.45, 7) is 3.42. The molecule has 0 radical (unpaired) electrons. The molecule has 1 amide bonds. The number of carbonyl (C=O) groups is 1. The number of aliphatic hydroxyl groups excluding tert-OH is 7. The van der Waals surface area contributed by atoms with Crippen LogP contribution in [0.4, 0.5) is 0 Å². The topological polar surface area (TPSA) is 189 Å². The Kier molecular flexibility index (Phi) is 30.6. The van der Waals surface area contributed by atoms with Gasteiger partial charge in [-0.15, -0.1) is 0 Å². The number of ether oxygens (including phenoxy) is 2. The van der Waals surface area contributed by atoms with Gasteiger partial charge in [-0.05, 0) is 12.8 Å². The maximum atomic E-state index is 13.0. The van der Waals surface area contributed by atoms with Crippen LogP contribution in [0.3, 0.4) is 0 Å². The van der Waals surface area contributed by atoms with Crippen molar-refractivity contribution >= 4 is 5.91 Å². The Bertz CT molecular complexity index is 820. The van der Waals surface area contributed by atoms with E-state index in [-0.39, 0.29) is 6.42 Å². The van der Waals surface area contributed by atoms with Crippen LogP contribution >= 0.6 is 0 Å². The molecule has 0 bridgehead atoms. The van der Waals surface area contributed by atoms with Gasteiger partial charge in [0.05, 0.1) is 25.4 Å². The molecule has 0 aliphatic carbocycles. The van der Waals surface area contributed by atoms with E-state index >= 15 is 0 Å². The first-order valence-electron chi connectivity index (χ1n) is 21.4. The fourth-order valence-corrected chi connectivity index (χ4v) is 7.03. The summed E-state index contributed by atoms with van der Waals surface area (Å²) in [6, 6.07) is -1.16. The monoisotopic (exact) mass is 748 g/mol. The van der Waals surface area contributed by atoms with Crippen LogP contribution in [0.5, 0.6) is 0 Å². The fraction of sp³-hybridized carbons (Fsp3) is 0.976. The summed E-state index contributed by atoms with van der Waals surface area (Å²) in [7, 11) is 0. The van der Waals surface area contributed by atoms with E-state index in [4.69, 9.17) is 9.47 Å².